The zero-order valence-electron chi connectivity index (χ0n) is 12.9. The SMILES string of the molecule is CCOC(=O)C1(NCCOC)CCCC(C)(C)CC1. The topological polar surface area (TPSA) is 47.6 Å². The van der Waals surface area contributed by atoms with E-state index in [1.807, 2.05) is 6.92 Å². The first-order valence-electron chi connectivity index (χ1n) is 7.37. The number of ether oxygens (including phenoxy) is 2. The number of carbonyl (C=O) groups is 1. The van der Waals surface area contributed by atoms with Gasteiger partial charge in [-0.1, -0.05) is 20.3 Å². The Labute approximate surface area is 117 Å². The van der Waals surface area contributed by atoms with Gasteiger partial charge in [-0.2, -0.15) is 0 Å². The highest BCUT2D eigenvalue weighted by Gasteiger charge is 2.42. The van der Waals surface area contributed by atoms with Crippen LogP contribution in [0.1, 0.15) is 52.9 Å². The van der Waals surface area contributed by atoms with Crippen LogP contribution in [0.25, 0.3) is 0 Å². The van der Waals surface area contributed by atoms with Crippen molar-refractivity contribution in [2.45, 2.75) is 58.4 Å². The van der Waals surface area contributed by atoms with Crippen molar-refractivity contribution in [2.24, 2.45) is 5.41 Å². The zero-order valence-corrected chi connectivity index (χ0v) is 12.9. The molecule has 1 N–H and O–H groups in total. The fourth-order valence-electron chi connectivity index (χ4n) is 2.79. The van der Waals surface area contributed by atoms with E-state index in [0.29, 0.717) is 25.2 Å². The first-order chi connectivity index (χ1) is 8.96. The van der Waals surface area contributed by atoms with Gasteiger partial charge in [-0.3, -0.25) is 10.1 Å². The van der Waals surface area contributed by atoms with Crippen LogP contribution in [0.15, 0.2) is 0 Å². The quantitative estimate of drug-likeness (QED) is 0.458. The fraction of sp³-hybridized carbons (Fsp3) is 0.933. The van der Waals surface area contributed by atoms with E-state index in [-0.39, 0.29) is 5.97 Å². The van der Waals surface area contributed by atoms with Gasteiger partial charge in [0.15, 0.2) is 0 Å². The predicted molar refractivity (Wildman–Crippen MR) is 76.1 cm³/mol. The monoisotopic (exact) mass is 271 g/mol. The number of hydrogen-bond acceptors (Lipinski definition) is 4. The molecule has 4 heteroatoms. The Kier molecular flexibility index (Phi) is 6.27. The summed E-state index contributed by atoms with van der Waals surface area (Å²) in [5, 5.41) is 3.40. The van der Waals surface area contributed by atoms with Crippen LogP contribution in [0, 0.1) is 5.41 Å². The highest BCUT2D eigenvalue weighted by Crippen LogP contribution is 2.38. The number of hydrogen-bond donors (Lipinski definition) is 1. The molecule has 1 rings (SSSR count). The molecular weight excluding hydrogens is 242 g/mol. The molecule has 0 bridgehead atoms. The van der Waals surface area contributed by atoms with Gasteiger partial charge in [-0.25, -0.2) is 0 Å². The van der Waals surface area contributed by atoms with Gasteiger partial charge in [0.05, 0.1) is 13.2 Å². The van der Waals surface area contributed by atoms with Crippen molar-refractivity contribution in [2.75, 3.05) is 26.9 Å². The van der Waals surface area contributed by atoms with Crippen molar-refractivity contribution in [1.82, 2.24) is 5.32 Å². The van der Waals surface area contributed by atoms with Crippen LogP contribution in [-0.4, -0.2) is 38.4 Å². The Bertz CT molecular complexity index is 291. The lowest BCUT2D eigenvalue weighted by molar-refractivity contribution is -0.152. The summed E-state index contributed by atoms with van der Waals surface area (Å²) in [6, 6.07) is 0. The van der Waals surface area contributed by atoms with Gasteiger partial charge >= 0.3 is 5.97 Å². The second-order valence-corrected chi connectivity index (χ2v) is 6.24. The first kappa shape index (κ1) is 16.4. The lowest BCUT2D eigenvalue weighted by atomic mass is 9.83. The minimum Gasteiger partial charge on any atom is -0.465 e. The van der Waals surface area contributed by atoms with Gasteiger partial charge in [-0.05, 0) is 38.0 Å². The lowest BCUT2D eigenvalue weighted by Crippen LogP contribution is -2.53. The molecule has 1 unspecified atom stereocenters. The van der Waals surface area contributed by atoms with Gasteiger partial charge in [0.2, 0.25) is 0 Å². The van der Waals surface area contributed by atoms with E-state index >= 15 is 0 Å². The summed E-state index contributed by atoms with van der Waals surface area (Å²) < 4.78 is 10.4. The molecule has 0 aromatic heterocycles. The number of methoxy groups -OCH3 is 1. The third-order valence-corrected chi connectivity index (χ3v) is 4.12. The predicted octanol–water partition coefficient (Wildman–Crippen LogP) is 2.51. The average Bonchev–Trinajstić information content (AvgIpc) is 2.50. The molecule has 1 atom stereocenters. The molecule has 0 aromatic carbocycles. The molecule has 0 radical (unpaired) electrons. The van der Waals surface area contributed by atoms with Crippen molar-refractivity contribution in [3.63, 3.8) is 0 Å². The van der Waals surface area contributed by atoms with E-state index in [1.54, 1.807) is 7.11 Å². The highest BCUT2D eigenvalue weighted by atomic mass is 16.5. The van der Waals surface area contributed by atoms with Gasteiger partial charge in [0.1, 0.15) is 5.54 Å². The van der Waals surface area contributed by atoms with E-state index < -0.39 is 5.54 Å². The summed E-state index contributed by atoms with van der Waals surface area (Å²) in [5.74, 6) is -0.0937. The summed E-state index contributed by atoms with van der Waals surface area (Å²) in [6.07, 6.45) is 4.99. The Morgan fingerprint density at radius 1 is 1.21 bits per heavy atom. The molecule has 0 aliphatic heterocycles. The fourth-order valence-corrected chi connectivity index (χ4v) is 2.79. The molecule has 1 aliphatic rings. The van der Waals surface area contributed by atoms with Crippen LogP contribution in [-0.2, 0) is 14.3 Å². The Morgan fingerprint density at radius 2 is 1.95 bits per heavy atom. The van der Waals surface area contributed by atoms with Crippen molar-refractivity contribution in [1.29, 1.82) is 0 Å². The minimum atomic E-state index is -0.512. The molecule has 1 fully saturated rings. The maximum absolute atomic E-state index is 12.4. The third-order valence-electron chi connectivity index (χ3n) is 4.12. The van der Waals surface area contributed by atoms with Gasteiger partial charge in [-0.15, -0.1) is 0 Å². The standard InChI is InChI=1S/C15H29NO3/c1-5-19-13(17)15(16-11-12-18-4)8-6-7-14(2,3)9-10-15/h16H,5-12H2,1-4H3. The van der Waals surface area contributed by atoms with Crippen LogP contribution >= 0.6 is 0 Å². The highest BCUT2D eigenvalue weighted by molar-refractivity contribution is 5.81. The number of rotatable bonds is 6. The molecule has 0 amide bonds. The van der Waals surface area contributed by atoms with Crippen LogP contribution in [0.5, 0.6) is 0 Å². The molecule has 19 heavy (non-hydrogen) atoms. The first-order valence-corrected chi connectivity index (χ1v) is 7.37. The van der Waals surface area contributed by atoms with Crippen LogP contribution in [0.2, 0.25) is 0 Å². The van der Waals surface area contributed by atoms with Crippen molar-refractivity contribution in [3.8, 4) is 0 Å². The van der Waals surface area contributed by atoms with Crippen LogP contribution in [0.4, 0.5) is 0 Å². The van der Waals surface area contributed by atoms with Gasteiger partial charge in [0.25, 0.3) is 0 Å². The largest absolute Gasteiger partial charge is 0.465 e. The molecule has 112 valence electrons. The summed E-state index contributed by atoms with van der Waals surface area (Å²) in [7, 11) is 1.68. The minimum absolute atomic E-state index is 0.0937. The normalized spacial score (nSPS) is 26.7. The Hall–Kier alpha value is -0.610. The summed E-state index contributed by atoms with van der Waals surface area (Å²) >= 11 is 0. The third kappa shape index (κ3) is 4.77. The summed E-state index contributed by atoms with van der Waals surface area (Å²) in [5.41, 5.74) is -0.195. The summed E-state index contributed by atoms with van der Waals surface area (Å²) in [6.45, 7) is 8.17. The van der Waals surface area contributed by atoms with Crippen molar-refractivity contribution >= 4 is 5.97 Å². The van der Waals surface area contributed by atoms with E-state index in [2.05, 4.69) is 19.2 Å². The Balaban J connectivity index is 2.76. The van der Waals surface area contributed by atoms with E-state index in [0.717, 1.165) is 25.7 Å². The second-order valence-electron chi connectivity index (χ2n) is 6.24. The lowest BCUT2D eigenvalue weighted by Gasteiger charge is -2.32. The van der Waals surface area contributed by atoms with Gasteiger partial charge in [0, 0.05) is 13.7 Å². The summed E-state index contributed by atoms with van der Waals surface area (Å²) in [4.78, 5) is 12.4. The average molecular weight is 271 g/mol. The molecule has 0 saturated heterocycles. The van der Waals surface area contributed by atoms with E-state index in [1.165, 1.54) is 6.42 Å². The molecule has 4 nitrogen and oxygen atoms in total. The molecule has 0 heterocycles. The van der Waals surface area contributed by atoms with Crippen molar-refractivity contribution in [3.05, 3.63) is 0 Å². The molecular formula is C15H29NO3. The molecule has 0 aromatic rings. The molecule has 0 spiro atoms. The van der Waals surface area contributed by atoms with Crippen LogP contribution < -0.4 is 5.32 Å². The number of nitrogens with one attached hydrogen (secondary N) is 1. The second kappa shape index (κ2) is 7.25. The Morgan fingerprint density at radius 3 is 2.58 bits per heavy atom. The number of carbonyl (C=O) groups excluding carboxylic acids is 1. The zero-order chi connectivity index (χ0) is 14.4. The van der Waals surface area contributed by atoms with Crippen molar-refractivity contribution < 1.29 is 14.3 Å². The van der Waals surface area contributed by atoms with E-state index in [4.69, 9.17) is 9.47 Å². The maximum Gasteiger partial charge on any atom is 0.326 e. The van der Waals surface area contributed by atoms with E-state index in [9.17, 15) is 4.79 Å². The van der Waals surface area contributed by atoms with Crippen LogP contribution in [0.3, 0.4) is 0 Å². The molecule has 1 saturated carbocycles. The molecule has 1 aliphatic carbocycles. The number of esters is 1. The smallest absolute Gasteiger partial charge is 0.326 e. The van der Waals surface area contributed by atoms with Gasteiger partial charge < -0.3 is 9.47 Å². The maximum atomic E-state index is 12.4.